The van der Waals surface area contributed by atoms with Crippen molar-refractivity contribution in [1.29, 1.82) is 0 Å². The van der Waals surface area contributed by atoms with E-state index in [9.17, 15) is 27.9 Å². The van der Waals surface area contributed by atoms with Gasteiger partial charge in [0.1, 0.15) is 11.9 Å². The van der Waals surface area contributed by atoms with E-state index in [0.29, 0.717) is 17.7 Å². The number of allylic oxidation sites excluding steroid dienone is 3. The Kier molecular flexibility index (Phi) is 10.9. The van der Waals surface area contributed by atoms with Crippen LogP contribution in [-0.2, 0) is 14.3 Å². The fourth-order valence-corrected chi connectivity index (χ4v) is 4.91. The molecular formula is C28H38F3NO4S. The zero-order valence-corrected chi connectivity index (χ0v) is 23.2. The number of hydrogen-bond acceptors (Lipinski definition) is 6. The standard InChI is InChI=1S/C28H38F3NO4S/c1-17-9-7-8-10-21(28(29,30)31)11-12-23(18(2)15-22-16-37-20(4)32-22)36-24(33)13-14-27(5,6)26(35)19(3)25(17)34/h7-8,11,15-17,19,23,25,34H,9-10,12-14H2,1-6H3/b8-7-,18-15+,21-11+. The number of Topliss-reactive ketones (excluding diaryl/α,β-unsaturated/α-hetero) is 1. The van der Waals surface area contributed by atoms with Gasteiger partial charge in [-0.05, 0) is 50.7 Å². The maximum absolute atomic E-state index is 13.8. The number of carbonyl (C=O) groups excluding carboxylic acids is 2. The predicted octanol–water partition coefficient (Wildman–Crippen LogP) is 7.00. The molecule has 0 amide bonds. The van der Waals surface area contributed by atoms with Crippen molar-refractivity contribution >= 4 is 29.2 Å². The summed E-state index contributed by atoms with van der Waals surface area (Å²) >= 11 is 1.44. The average Bonchev–Trinajstić information content (AvgIpc) is 3.22. The van der Waals surface area contributed by atoms with Crippen LogP contribution in [0.4, 0.5) is 13.2 Å². The highest BCUT2D eigenvalue weighted by atomic mass is 32.1. The molecule has 0 aromatic carbocycles. The van der Waals surface area contributed by atoms with E-state index in [-0.39, 0.29) is 37.4 Å². The van der Waals surface area contributed by atoms with Crippen molar-refractivity contribution < 1.29 is 32.6 Å². The number of ketones is 1. The van der Waals surface area contributed by atoms with E-state index in [1.54, 1.807) is 46.8 Å². The number of cyclic esters (lactones) is 1. The quantitative estimate of drug-likeness (QED) is 0.322. The number of aliphatic hydroxyl groups excluding tert-OH is 1. The monoisotopic (exact) mass is 541 g/mol. The molecule has 1 aromatic heterocycles. The van der Waals surface area contributed by atoms with Crippen LogP contribution < -0.4 is 0 Å². The Morgan fingerprint density at radius 3 is 2.49 bits per heavy atom. The molecular weight excluding hydrogens is 503 g/mol. The number of carbonyl (C=O) groups is 2. The molecule has 0 fully saturated rings. The van der Waals surface area contributed by atoms with Crippen molar-refractivity contribution in [1.82, 2.24) is 4.98 Å². The first-order valence-electron chi connectivity index (χ1n) is 12.5. The Morgan fingerprint density at radius 2 is 1.89 bits per heavy atom. The largest absolute Gasteiger partial charge is 0.457 e. The van der Waals surface area contributed by atoms with Crippen LogP contribution in [0.3, 0.4) is 0 Å². The molecule has 0 bridgehead atoms. The van der Waals surface area contributed by atoms with E-state index in [4.69, 9.17) is 4.74 Å². The van der Waals surface area contributed by atoms with Gasteiger partial charge in [-0.3, -0.25) is 9.59 Å². The summed E-state index contributed by atoms with van der Waals surface area (Å²) in [5.74, 6) is -1.77. The number of nitrogens with zero attached hydrogens (tertiary/aromatic N) is 1. The van der Waals surface area contributed by atoms with E-state index in [2.05, 4.69) is 4.98 Å². The molecule has 9 heteroatoms. The lowest BCUT2D eigenvalue weighted by atomic mass is 9.74. The van der Waals surface area contributed by atoms with Crippen molar-refractivity contribution in [2.45, 2.75) is 92.0 Å². The van der Waals surface area contributed by atoms with Crippen molar-refractivity contribution in [3.8, 4) is 0 Å². The number of esters is 1. The second-order valence-corrected chi connectivity index (χ2v) is 11.6. The molecule has 0 aliphatic carbocycles. The molecule has 0 radical (unpaired) electrons. The van der Waals surface area contributed by atoms with Gasteiger partial charge in [0, 0.05) is 35.1 Å². The Hall–Kier alpha value is -2.26. The SMILES string of the molecule is C/C(=C\c1csc(C)n1)C1C/C=C(/C(F)(F)F)C/C=C\CC(C)C(O)C(C)C(=O)C(C)(C)CCC(=O)O1. The molecule has 206 valence electrons. The maximum Gasteiger partial charge on any atom is 0.412 e. The van der Waals surface area contributed by atoms with Gasteiger partial charge in [-0.2, -0.15) is 13.2 Å². The Morgan fingerprint density at radius 1 is 1.22 bits per heavy atom. The van der Waals surface area contributed by atoms with Crippen molar-refractivity contribution in [3.05, 3.63) is 45.5 Å². The fraction of sp³-hybridized carbons (Fsp3) is 0.607. The fourth-order valence-electron chi connectivity index (χ4n) is 4.34. The summed E-state index contributed by atoms with van der Waals surface area (Å²) < 4.78 is 46.9. The van der Waals surface area contributed by atoms with Crippen LogP contribution in [0.2, 0.25) is 0 Å². The third kappa shape index (κ3) is 9.21. The van der Waals surface area contributed by atoms with Gasteiger partial charge in [0.15, 0.2) is 0 Å². The highest BCUT2D eigenvalue weighted by Gasteiger charge is 2.37. The molecule has 1 aromatic rings. The van der Waals surface area contributed by atoms with Gasteiger partial charge < -0.3 is 9.84 Å². The summed E-state index contributed by atoms with van der Waals surface area (Å²) in [6.45, 7) is 10.4. The zero-order valence-electron chi connectivity index (χ0n) is 22.4. The average molecular weight is 542 g/mol. The van der Waals surface area contributed by atoms with Crippen molar-refractivity contribution in [2.24, 2.45) is 17.3 Å². The van der Waals surface area contributed by atoms with Crippen LogP contribution in [0.1, 0.15) is 77.4 Å². The minimum atomic E-state index is -4.54. The Balaban J connectivity index is 2.42. The highest BCUT2D eigenvalue weighted by molar-refractivity contribution is 7.09. The summed E-state index contributed by atoms with van der Waals surface area (Å²) in [6.07, 6.45) is -0.605. The number of hydrogen-bond donors (Lipinski definition) is 1. The lowest BCUT2D eigenvalue weighted by Crippen LogP contribution is -2.39. The van der Waals surface area contributed by atoms with Crippen LogP contribution in [0.15, 0.2) is 34.8 Å². The minimum Gasteiger partial charge on any atom is -0.457 e. The number of halogens is 3. The molecule has 1 N–H and O–H groups in total. The van der Waals surface area contributed by atoms with Crippen molar-refractivity contribution in [2.75, 3.05) is 0 Å². The molecule has 0 spiro atoms. The summed E-state index contributed by atoms with van der Waals surface area (Å²) in [5.41, 5.74) is -0.393. The number of aromatic nitrogens is 1. The molecule has 1 aliphatic heterocycles. The molecule has 4 atom stereocenters. The Labute approximate surface area is 221 Å². The molecule has 0 saturated heterocycles. The summed E-state index contributed by atoms with van der Waals surface area (Å²) in [7, 11) is 0. The third-order valence-electron chi connectivity index (χ3n) is 6.88. The lowest BCUT2D eigenvalue weighted by molar-refractivity contribution is -0.148. The lowest BCUT2D eigenvalue weighted by Gasteiger charge is -2.31. The molecule has 5 nitrogen and oxygen atoms in total. The first-order valence-corrected chi connectivity index (χ1v) is 13.4. The van der Waals surface area contributed by atoms with E-state index < -0.39 is 41.3 Å². The topological polar surface area (TPSA) is 76.5 Å². The first kappa shape index (κ1) is 31.0. The van der Waals surface area contributed by atoms with Crippen LogP contribution in [-0.4, -0.2) is 40.2 Å². The summed E-state index contributed by atoms with van der Waals surface area (Å²) in [5, 5.41) is 13.4. The summed E-state index contributed by atoms with van der Waals surface area (Å²) in [6, 6.07) is 0. The van der Waals surface area contributed by atoms with Gasteiger partial charge in [0.25, 0.3) is 0 Å². The van der Waals surface area contributed by atoms with Crippen LogP contribution >= 0.6 is 11.3 Å². The van der Waals surface area contributed by atoms with Crippen molar-refractivity contribution in [3.63, 3.8) is 0 Å². The number of rotatable bonds is 2. The molecule has 37 heavy (non-hydrogen) atoms. The zero-order chi connectivity index (χ0) is 28.0. The predicted molar refractivity (Wildman–Crippen MR) is 140 cm³/mol. The van der Waals surface area contributed by atoms with Gasteiger partial charge in [0.05, 0.1) is 16.8 Å². The molecule has 2 rings (SSSR count). The van der Waals surface area contributed by atoms with E-state index in [1.807, 2.05) is 12.3 Å². The second kappa shape index (κ2) is 13.0. The molecule has 4 unspecified atom stereocenters. The minimum absolute atomic E-state index is 0.0753. The number of aliphatic hydroxyl groups is 1. The van der Waals surface area contributed by atoms with Gasteiger partial charge in [0.2, 0.25) is 0 Å². The number of thiazole rings is 1. The van der Waals surface area contributed by atoms with Gasteiger partial charge in [-0.15, -0.1) is 11.3 Å². The molecule has 0 saturated carbocycles. The van der Waals surface area contributed by atoms with Gasteiger partial charge >= 0.3 is 12.1 Å². The first-order chi connectivity index (χ1) is 17.1. The molecule has 1 aliphatic rings. The maximum atomic E-state index is 13.8. The summed E-state index contributed by atoms with van der Waals surface area (Å²) in [4.78, 5) is 30.3. The number of alkyl halides is 3. The smallest absolute Gasteiger partial charge is 0.412 e. The third-order valence-corrected chi connectivity index (χ3v) is 7.67. The Bertz CT molecular complexity index is 1040. The van der Waals surface area contributed by atoms with E-state index >= 15 is 0 Å². The normalized spacial score (nSPS) is 29.7. The highest BCUT2D eigenvalue weighted by Crippen LogP contribution is 2.33. The van der Waals surface area contributed by atoms with Crippen LogP contribution in [0.5, 0.6) is 0 Å². The van der Waals surface area contributed by atoms with Crippen LogP contribution in [0.25, 0.3) is 6.08 Å². The van der Waals surface area contributed by atoms with E-state index in [1.165, 1.54) is 17.4 Å². The van der Waals surface area contributed by atoms with Gasteiger partial charge in [-0.25, -0.2) is 4.98 Å². The number of ether oxygens (including phenoxy) is 1. The van der Waals surface area contributed by atoms with Gasteiger partial charge in [-0.1, -0.05) is 45.9 Å². The van der Waals surface area contributed by atoms with Crippen LogP contribution in [0, 0.1) is 24.2 Å². The molecule has 2 heterocycles. The second-order valence-electron chi connectivity index (χ2n) is 10.5. The van der Waals surface area contributed by atoms with E-state index in [0.717, 1.165) is 11.1 Å². The number of aryl methyl sites for hydroxylation is 1.